The van der Waals surface area contributed by atoms with Crippen LogP contribution in [0.1, 0.15) is 28.4 Å². The fourth-order valence-corrected chi connectivity index (χ4v) is 3.12. The number of hydrogen-bond acceptors (Lipinski definition) is 8. The average Bonchev–Trinajstić information content (AvgIpc) is 2.92. The molecular weight excluding hydrogens is 476 g/mol. The number of hydrogen-bond donors (Lipinski definition) is 2. The summed E-state index contributed by atoms with van der Waals surface area (Å²) in [7, 11) is 2.93. The molecule has 10 nitrogen and oxygen atoms in total. The van der Waals surface area contributed by atoms with E-state index in [1.54, 1.807) is 67.6 Å². The van der Waals surface area contributed by atoms with Crippen LogP contribution in [0.4, 0.5) is 5.69 Å². The first kappa shape index (κ1) is 26.4. The van der Waals surface area contributed by atoms with E-state index in [-0.39, 0.29) is 17.9 Å². The molecule has 3 aromatic rings. The molecule has 0 saturated heterocycles. The van der Waals surface area contributed by atoms with Crippen LogP contribution >= 0.6 is 0 Å². The zero-order valence-corrected chi connectivity index (χ0v) is 20.4. The first-order valence-corrected chi connectivity index (χ1v) is 11.0. The van der Waals surface area contributed by atoms with Crippen molar-refractivity contribution in [3.8, 4) is 23.3 Å². The summed E-state index contributed by atoms with van der Waals surface area (Å²) in [6, 6.07) is 19.9. The number of hydrazone groups is 1. The summed E-state index contributed by atoms with van der Waals surface area (Å²) in [4.78, 5) is 36.9. The first-order valence-electron chi connectivity index (χ1n) is 11.0. The van der Waals surface area contributed by atoms with Gasteiger partial charge in [0.05, 0.1) is 38.0 Å². The van der Waals surface area contributed by atoms with Crippen LogP contribution < -0.4 is 25.0 Å². The van der Waals surface area contributed by atoms with Crippen LogP contribution in [0.2, 0.25) is 0 Å². The Morgan fingerprint density at radius 1 is 0.892 bits per heavy atom. The minimum atomic E-state index is -0.962. The van der Waals surface area contributed by atoms with E-state index in [2.05, 4.69) is 15.8 Å². The molecule has 37 heavy (non-hydrogen) atoms. The molecule has 0 unspecified atom stereocenters. The van der Waals surface area contributed by atoms with Gasteiger partial charge in [0.1, 0.15) is 5.75 Å². The molecule has 0 heterocycles. The molecule has 2 amide bonds. The van der Waals surface area contributed by atoms with E-state index < -0.39 is 17.8 Å². The summed E-state index contributed by atoms with van der Waals surface area (Å²) in [6.07, 6.45) is 0.249. The van der Waals surface area contributed by atoms with Gasteiger partial charge in [-0.2, -0.15) is 10.4 Å². The van der Waals surface area contributed by atoms with Crippen LogP contribution in [0, 0.1) is 11.3 Å². The molecule has 0 aromatic heterocycles. The molecule has 2 N–H and O–H groups in total. The lowest BCUT2D eigenvalue weighted by atomic mass is 10.1. The Balaban J connectivity index is 1.64. The first-order chi connectivity index (χ1) is 17.8. The molecular formula is C27H24N4O6. The van der Waals surface area contributed by atoms with E-state index in [1.807, 2.05) is 6.07 Å². The van der Waals surface area contributed by atoms with E-state index in [0.717, 1.165) is 5.56 Å². The van der Waals surface area contributed by atoms with Gasteiger partial charge in [0.15, 0.2) is 11.5 Å². The van der Waals surface area contributed by atoms with Crippen LogP contribution in [0.3, 0.4) is 0 Å². The molecule has 0 aliphatic heterocycles. The van der Waals surface area contributed by atoms with Gasteiger partial charge in [-0.15, -0.1) is 0 Å². The molecule has 188 valence electrons. The number of carbonyl (C=O) groups excluding carboxylic acids is 3. The molecule has 0 aliphatic rings. The number of nitriles is 1. The van der Waals surface area contributed by atoms with Gasteiger partial charge in [0, 0.05) is 11.3 Å². The van der Waals surface area contributed by atoms with E-state index in [9.17, 15) is 14.4 Å². The highest BCUT2D eigenvalue weighted by atomic mass is 16.6. The van der Waals surface area contributed by atoms with Crippen LogP contribution in [0.5, 0.6) is 17.2 Å². The highest BCUT2D eigenvalue weighted by Gasteiger charge is 2.16. The molecule has 0 fully saturated rings. The number of benzene rings is 3. The highest BCUT2D eigenvalue weighted by molar-refractivity contribution is 6.39. The van der Waals surface area contributed by atoms with Crippen molar-refractivity contribution in [1.82, 2.24) is 5.43 Å². The zero-order chi connectivity index (χ0) is 26.8. The van der Waals surface area contributed by atoms with Crippen LogP contribution in [0.15, 0.2) is 71.8 Å². The Hall–Kier alpha value is -5.17. The topological polar surface area (TPSA) is 139 Å². The fraction of sp³-hybridized carbons (Fsp3) is 0.148. The second-order valence-corrected chi connectivity index (χ2v) is 7.61. The Labute approximate surface area is 213 Å². The minimum absolute atomic E-state index is 0.191. The van der Waals surface area contributed by atoms with Gasteiger partial charge in [0.2, 0.25) is 0 Å². The maximum absolute atomic E-state index is 12.5. The lowest BCUT2D eigenvalue weighted by Gasteiger charge is -2.11. The summed E-state index contributed by atoms with van der Waals surface area (Å²) < 4.78 is 15.9. The fourth-order valence-electron chi connectivity index (χ4n) is 3.12. The second-order valence-electron chi connectivity index (χ2n) is 7.61. The predicted molar refractivity (Wildman–Crippen MR) is 136 cm³/mol. The number of methoxy groups -OCH3 is 2. The van der Waals surface area contributed by atoms with E-state index in [1.165, 1.54) is 20.3 Å². The highest BCUT2D eigenvalue weighted by Crippen LogP contribution is 2.29. The zero-order valence-electron chi connectivity index (χ0n) is 20.4. The number of anilines is 1. The van der Waals surface area contributed by atoms with Gasteiger partial charge in [-0.25, -0.2) is 10.2 Å². The Kier molecular flexibility index (Phi) is 8.94. The van der Waals surface area contributed by atoms with Gasteiger partial charge < -0.3 is 19.5 Å². The molecule has 3 rings (SSSR count). The monoisotopic (exact) mass is 500 g/mol. The van der Waals surface area contributed by atoms with Crippen molar-refractivity contribution >= 4 is 29.2 Å². The number of nitrogens with one attached hydrogen (secondary N) is 2. The second kappa shape index (κ2) is 12.5. The van der Waals surface area contributed by atoms with Gasteiger partial charge in [-0.05, 0) is 61.0 Å². The molecule has 10 heteroatoms. The largest absolute Gasteiger partial charge is 0.497 e. The standard InChI is InChI=1S/C27H24N4O6/c1-17(30-31-26(33)25(32)29-21-10-7-18(8-11-21)13-14-28)19-9-12-23(24(16-19)36-3)37-27(34)20-5-4-6-22(15-20)35-2/h4-12,15-16H,13H2,1-3H3,(H,29,32)(H,31,33)/b30-17+. The number of rotatable bonds is 8. The van der Waals surface area contributed by atoms with Crippen molar-refractivity contribution in [3.05, 3.63) is 83.4 Å². The van der Waals surface area contributed by atoms with Crippen molar-refractivity contribution in [2.75, 3.05) is 19.5 Å². The maximum atomic E-state index is 12.5. The molecule has 0 saturated carbocycles. The minimum Gasteiger partial charge on any atom is -0.497 e. The number of ether oxygens (including phenoxy) is 3. The molecule has 0 bridgehead atoms. The molecule has 3 aromatic carbocycles. The van der Waals surface area contributed by atoms with Crippen molar-refractivity contribution in [2.45, 2.75) is 13.3 Å². The van der Waals surface area contributed by atoms with Crippen LogP contribution in [-0.4, -0.2) is 37.7 Å². The van der Waals surface area contributed by atoms with Gasteiger partial charge in [-0.1, -0.05) is 18.2 Å². The number of esters is 1. The number of nitrogens with zero attached hydrogens (tertiary/aromatic N) is 2. The molecule has 0 atom stereocenters. The summed E-state index contributed by atoms with van der Waals surface area (Å²) >= 11 is 0. The van der Waals surface area contributed by atoms with E-state index >= 15 is 0 Å². The summed E-state index contributed by atoms with van der Waals surface area (Å²) in [5, 5.41) is 15.1. The number of carbonyl (C=O) groups is 3. The van der Waals surface area contributed by atoms with Crippen molar-refractivity contribution in [3.63, 3.8) is 0 Å². The Bertz CT molecular complexity index is 1380. The smallest absolute Gasteiger partial charge is 0.343 e. The Morgan fingerprint density at radius 2 is 1.65 bits per heavy atom. The lowest BCUT2D eigenvalue weighted by molar-refractivity contribution is -0.136. The van der Waals surface area contributed by atoms with E-state index in [0.29, 0.717) is 28.3 Å². The lowest BCUT2D eigenvalue weighted by Crippen LogP contribution is -2.32. The third-order valence-electron chi connectivity index (χ3n) is 5.12. The van der Waals surface area contributed by atoms with Crippen LogP contribution in [-0.2, 0) is 16.0 Å². The van der Waals surface area contributed by atoms with Gasteiger partial charge >= 0.3 is 17.8 Å². The average molecular weight is 501 g/mol. The predicted octanol–water partition coefficient (Wildman–Crippen LogP) is 3.47. The van der Waals surface area contributed by atoms with E-state index in [4.69, 9.17) is 19.5 Å². The Morgan fingerprint density at radius 3 is 2.32 bits per heavy atom. The van der Waals surface area contributed by atoms with Crippen molar-refractivity contribution in [1.29, 1.82) is 5.26 Å². The third kappa shape index (κ3) is 7.16. The van der Waals surface area contributed by atoms with Crippen molar-refractivity contribution in [2.24, 2.45) is 5.10 Å². The SMILES string of the molecule is COc1cccc(C(=O)Oc2ccc(/C(C)=N/NC(=O)C(=O)Nc3ccc(CC#N)cc3)cc2OC)c1. The molecule has 0 aliphatic carbocycles. The quantitative estimate of drug-likeness (QED) is 0.159. The summed E-state index contributed by atoms with van der Waals surface area (Å²) in [5.41, 5.74) is 4.66. The van der Waals surface area contributed by atoms with Gasteiger partial charge in [0.25, 0.3) is 0 Å². The molecule has 0 spiro atoms. The van der Waals surface area contributed by atoms with Crippen LogP contribution in [0.25, 0.3) is 0 Å². The normalized spacial score (nSPS) is 10.6. The molecule has 0 radical (unpaired) electrons. The van der Waals surface area contributed by atoms with Crippen molar-refractivity contribution < 1.29 is 28.6 Å². The third-order valence-corrected chi connectivity index (χ3v) is 5.12. The number of amides is 2. The summed E-state index contributed by atoms with van der Waals surface area (Å²) in [6.45, 7) is 1.63. The van der Waals surface area contributed by atoms with Gasteiger partial charge in [-0.3, -0.25) is 9.59 Å². The maximum Gasteiger partial charge on any atom is 0.343 e. The summed E-state index contributed by atoms with van der Waals surface area (Å²) in [5.74, 6) is -1.47.